The van der Waals surface area contributed by atoms with Crippen LogP contribution in [-0.2, 0) is 16.1 Å². The van der Waals surface area contributed by atoms with Gasteiger partial charge in [0.15, 0.2) is 0 Å². The van der Waals surface area contributed by atoms with Crippen molar-refractivity contribution in [2.75, 3.05) is 39.8 Å². The Morgan fingerprint density at radius 3 is 2.63 bits per heavy atom. The third kappa shape index (κ3) is 4.61. The summed E-state index contributed by atoms with van der Waals surface area (Å²) < 4.78 is 4.66. The fourth-order valence-corrected chi connectivity index (χ4v) is 2.24. The Balaban J connectivity index is 1.69. The Hall–Kier alpha value is -1.46. The molecule has 1 fully saturated rings. The normalized spacial score (nSPS) is 17.3. The first-order chi connectivity index (χ1) is 9.28. The van der Waals surface area contributed by atoms with Gasteiger partial charge in [-0.2, -0.15) is 0 Å². The molecular formula is C14H21N3O2. The zero-order valence-electron chi connectivity index (χ0n) is 11.4. The summed E-state index contributed by atoms with van der Waals surface area (Å²) in [5.74, 6) is -0.129. The molecule has 1 aromatic rings. The minimum absolute atomic E-state index is 0.129. The monoisotopic (exact) mass is 263 g/mol. The second-order valence-corrected chi connectivity index (χ2v) is 4.76. The molecule has 0 spiro atoms. The number of rotatable bonds is 5. The van der Waals surface area contributed by atoms with Crippen molar-refractivity contribution in [1.82, 2.24) is 14.8 Å². The van der Waals surface area contributed by atoms with Crippen molar-refractivity contribution in [2.45, 2.75) is 13.0 Å². The van der Waals surface area contributed by atoms with Crippen LogP contribution in [0.15, 0.2) is 24.4 Å². The van der Waals surface area contributed by atoms with Crippen molar-refractivity contribution < 1.29 is 9.53 Å². The molecule has 5 nitrogen and oxygen atoms in total. The van der Waals surface area contributed by atoms with E-state index in [2.05, 4.69) is 25.6 Å². The number of aromatic nitrogens is 1. The van der Waals surface area contributed by atoms with Crippen LogP contribution in [0.4, 0.5) is 0 Å². The van der Waals surface area contributed by atoms with Gasteiger partial charge >= 0.3 is 5.97 Å². The summed E-state index contributed by atoms with van der Waals surface area (Å²) in [4.78, 5) is 20.1. The quantitative estimate of drug-likeness (QED) is 0.734. The number of methoxy groups -OCH3 is 1. The van der Waals surface area contributed by atoms with Crippen LogP contribution in [0.25, 0.3) is 0 Å². The van der Waals surface area contributed by atoms with Crippen LogP contribution in [0.3, 0.4) is 0 Å². The lowest BCUT2D eigenvalue weighted by atomic mass is 10.2. The maximum Gasteiger partial charge on any atom is 0.306 e. The number of ether oxygens (including phenoxy) is 1. The lowest BCUT2D eigenvalue weighted by molar-refractivity contribution is -0.141. The molecule has 0 saturated carbocycles. The van der Waals surface area contributed by atoms with Crippen LogP contribution in [0.2, 0.25) is 0 Å². The van der Waals surface area contributed by atoms with Crippen LogP contribution in [0, 0.1) is 0 Å². The van der Waals surface area contributed by atoms with E-state index in [4.69, 9.17) is 0 Å². The van der Waals surface area contributed by atoms with Gasteiger partial charge in [-0.25, -0.2) is 0 Å². The van der Waals surface area contributed by atoms with Gasteiger partial charge in [-0.1, -0.05) is 6.07 Å². The smallest absolute Gasteiger partial charge is 0.306 e. The summed E-state index contributed by atoms with van der Waals surface area (Å²) in [5.41, 5.74) is 1.12. The van der Waals surface area contributed by atoms with Crippen LogP contribution >= 0.6 is 0 Å². The predicted octanol–water partition coefficient (Wildman–Crippen LogP) is 0.762. The van der Waals surface area contributed by atoms with Gasteiger partial charge < -0.3 is 9.64 Å². The molecule has 0 aliphatic carbocycles. The molecule has 0 unspecified atom stereocenters. The fraction of sp³-hybridized carbons (Fsp3) is 0.571. The van der Waals surface area contributed by atoms with E-state index in [1.807, 2.05) is 18.3 Å². The van der Waals surface area contributed by atoms with E-state index in [0.717, 1.165) is 45.0 Å². The average Bonchev–Trinajstić information content (AvgIpc) is 2.47. The Morgan fingerprint density at radius 1 is 1.26 bits per heavy atom. The topological polar surface area (TPSA) is 45.7 Å². The first kappa shape index (κ1) is 14.0. The summed E-state index contributed by atoms with van der Waals surface area (Å²) in [6.07, 6.45) is 2.32. The lowest BCUT2D eigenvalue weighted by Crippen LogP contribution is -2.46. The summed E-state index contributed by atoms with van der Waals surface area (Å²) in [5, 5.41) is 0. The van der Waals surface area contributed by atoms with E-state index in [1.165, 1.54) is 7.11 Å². The van der Waals surface area contributed by atoms with E-state index in [0.29, 0.717) is 6.42 Å². The number of carbonyl (C=O) groups excluding carboxylic acids is 1. The van der Waals surface area contributed by atoms with E-state index >= 15 is 0 Å². The van der Waals surface area contributed by atoms with Gasteiger partial charge in [0.2, 0.25) is 0 Å². The van der Waals surface area contributed by atoms with Crippen molar-refractivity contribution in [2.24, 2.45) is 0 Å². The first-order valence-electron chi connectivity index (χ1n) is 6.69. The molecule has 1 aliphatic rings. The second-order valence-electron chi connectivity index (χ2n) is 4.76. The predicted molar refractivity (Wildman–Crippen MR) is 72.6 cm³/mol. The molecule has 2 heterocycles. The maximum atomic E-state index is 11.1. The number of nitrogens with zero attached hydrogens (tertiary/aromatic N) is 3. The molecule has 0 N–H and O–H groups in total. The van der Waals surface area contributed by atoms with Gasteiger partial charge in [0.25, 0.3) is 0 Å². The highest BCUT2D eigenvalue weighted by atomic mass is 16.5. The Bertz CT molecular complexity index is 389. The second kappa shape index (κ2) is 7.21. The minimum Gasteiger partial charge on any atom is -0.469 e. The van der Waals surface area contributed by atoms with Gasteiger partial charge in [-0.3, -0.25) is 14.7 Å². The zero-order chi connectivity index (χ0) is 13.5. The molecular weight excluding hydrogens is 242 g/mol. The third-order valence-electron chi connectivity index (χ3n) is 3.44. The number of hydrogen-bond acceptors (Lipinski definition) is 5. The molecule has 19 heavy (non-hydrogen) atoms. The van der Waals surface area contributed by atoms with E-state index < -0.39 is 0 Å². The number of piperazine rings is 1. The van der Waals surface area contributed by atoms with Crippen LogP contribution in [-0.4, -0.2) is 60.6 Å². The van der Waals surface area contributed by atoms with Gasteiger partial charge in [0, 0.05) is 45.5 Å². The summed E-state index contributed by atoms with van der Waals surface area (Å²) >= 11 is 0. The Kier molecular flexibility index (Phi) is 5.30. The SMILES string of the molecule is COC(=O)CCN1CCN(Cc2ccccn2)CC1. The minimum atomic E-state index is -0.129. The molecule has 0 atom stereocenters. The summed E-state index contributed by atoms with van der Waals surface area (Å²) in [7, 11) is 1.44. The molecule has 5 heteroatoms. The number of pyridine rings is 1. The largest absolute Gasteiger partial charge is 0.469 e. The van der Waals surface area contributed by atoms with Crippen LogP contribution < -0.4 is 0 Å². The van der Waals surface area contributed by atoms with Crippen molar-refractivity contribution in [3.05, 3.63) is 30.1 Å². The Labute approximate surface area is 114 Å². The van der Waals surface area contributed by atoms with E-state index in [1.54, 1.807) is 0 Å². The molecule has 104 valence electrons. The van der Waals surface area contributed by atoms with E-state index in [-0.39, 0.29) is 5.97 Å². The van der Waals surface area contributed by atoms with Crippen molar-refractivity contribution >= 4 is 5.97 Å². The molecule has 1 aromatic heterocycles. The van der Waals surface area contributed by atoms with Crippen molar-refractivity contribution in [3.8, 4) is 0 Å². The maximum absolute atomic E-state index is 11.1. The summed E-state index contributed by atoms with van der Waals surface area (Å²) in [6.45, 7) is 5.76. The molecule has 1 saturated heterocycles. The molecule has 0 aromatic carbocycles. The average molecular weight is 263 g/mol. The van der Waals surface area contributed by atoms with Crippen LogP contribution in [0.5, 0.6) is 0 Å². The molecule has 2 rings (SSSR count). The zero-order valence-corrected chi connectivity index (χ0v) is 11.4. The van der Waals surface area contributed by atoms with Gasteiger partial charge in [0.05, 0.1) is 19.2 Å². The number of carbonyl (C=O) groups is 1. The number of esters is 1. The lowest BCUT2D eigenvalue weighted by Gasteiger charge is -2.34. The van der Waals surface area contributed by atoms with Gasteiger partial charge in [-0.05, 0) is 12.1 Å². The Morgan fingerprint density at radius 2 is 2.00 bits per heavy atom. The molecule has 0 bridgehead atoms. The van der Waals surface area contributed by atoms with Gasteiger partial charge in [-0.15, -0.1) is 0 Å². The molecule has 0 amide bonds. The van der Waals surface area contributed by atoms with Crippen molar-refractivity contribution in [1.29, 1.82) is 0 Å². The first-order valence-corrected chi connectivity index (χ1v) is 6.69. The van der Waals surface area contributed by atoms with Crippen LogP contribution in [0.1, 0.15) is 12.1 Å². The van der Waals surface area contributed by atoms with E-state index in [9.17, 15) is 4.79 Å². The molecule has 0 radical (unpaired) electrons. The van der Waals surface area contributed by atoms with Crippen molar-refractivity contribution in [3.63, 3.8) is 0 Å². The number of hydrogen-bond donors (Lipinski definition) is 0. The highest BCUT2D eigenvalue weighted by Gasteiger charge is 2.17. The highest BCUT2D eigenvalue weighted by molar-refractivity contribution is 5.69. The van der Waals surface area contributed by atoms with Gasteiger partial charge in [0.1, 0.15) is 0 Å². The standard InChI is InChI=1S/C14H21N3O2/c1-19-14(18)5-7-16-8-10-17(11-9-16)12-13-4-2-3-6-15-13/h2-4,6H,5,7-12H2,1H3. The third-order valence-corrected chi connectivity index (χ3v) is 3.44. The fourth-order valence-electron chi connectivity index (χ4n) is 2.24. The molecule has 1 aliphatic heterocycles. The highest BCUT2D eigenvalue weighted by Crippen LogP contribution is 2.07. The summed E-state index contributed by atoms with van der Waals surface area (Å²) in [6, 6.07) is 6.02.